The summed E-state index contributed by atoms with van der Waals surface area (Å²) in [6.07, 6.45) is 1.58. The van der Waals surface area contributed by atoms with Crippen molar-refractivity contribution >= 4 is 21.6 Å². The van der Waals surface area contributed by atoms with E-state index in [1.807, 2.05) is 6.92 Å². The number of sulfonamides is 1. The first-order valence-electron chi connectivity index (χ1n) is 6.99. The average molecular weight is 335 g/mol. The van der Waals surface area contributed by atoms with Crippen molar-refractivity contribution in [2.75, 3.05) is 19.8 Å². The van der Waals surface area contributed by atoms with E-state index >= 15 is 0 Å². The number of hydrogen-bond donors (Lipinski definition) is 2. The maximum absolute atomic E-state index is 12.3. The van der Waals surface area contributed by atoms with Crippen molar-refractivity contribution in [1.29, 1.82) is 0 Å². The van der Waals surface area contributed by atoms with E-state index in [9.17, 15) is 8.42 Å². The quantitative estimate of drug-likeness (QED) is 0.678. The molecular weight excluding hydrogens is 312 g/mol. The van der Waals surface area contributed by atoms with Crippen LogP contribution >= 0.6 is 11.6 Å². The molecule has 120 valence electrons. The van der Waals surface area contributed by atoms with Crippen molar-refractivity contribution in [3.63, 3.8) is 0 Å². The van der Waals surface area contributed by atoms with Crippen LogP contribution in [-0.4, -0.2) is 28.2 Å². The molecule has 3 N–H and O–H groups in total. The second kappa shape index (κ2) is 8.70. The number of ether oxygens (including phenoxy) is 1. The smallest absolute Gasteiger partial charge is 0.240 e. The Morgan fingerprint density at radius 1 is 1.33 bits per heavy atom. The number of benzene rings is 1. The summed E-state index contributed by atoms with van der Waals surface area (Å²) in [5.41, 5.74) is 6.98. The van der Waals surface area contributed by atoms with E-state index in [-0.39, 0.29) is 11.4 Å². The van der Waals surface area contributed by atoms with Crippen LogP contribution in [0.15, 0.2) is 17.0 Å². The van der Waals surface area contributed by atoms with E-state index in [0.717, 1.165) is 12.0 Å². The zero-order chi connectivity index (χ0) is 15.9. The largest absolute Gasteiger partial charge is 0.381 e. The van der Waals surface area contributed by atoms with Gasteiger partial charge in [0.1, 0.15) is 0 Å². The van der Waals surface area contributed by atoms with Gasteiger partial charge in [-0.25, -0.2) is 13.1 Å². The molecule has 1 aromatic rings. The zero-order valence-electron chi connectivity index (χ0n) is 12.5. The van der Waals surface area contributed by atoms with Crippen molar-refractivity contribution in [1.82, 2.24) is 4.72 Å². The Kier molecular flexibility index (Phi) is 7.62. The molecule has 0 radical (unpaired) electrons. The Labute approximate surface area is 131 Å². The van der Waals surface area contributed by atoms with Gasteiger partial charge in [0.05, 0.1) is 4.90 Å². The van der Waals surface area contributed by atoms with Gasteiger partial charge in [-0.1, -0.05) is 18.5 Å². The van der Waals surface area contributed by atoms with Crippen LogP contribution in [0.4, 0.5) is 0 Å². The SMILES string of the molecule is CCCOCCCNS(=O)(=O)c1cc(Cl)cc(CN)c1C. The van der Waals surface area contributed by atoms with E-state index in [1.54, 1.807) is 13.0 Å². The van der Waals surface area contributed by atoms with Gasteiger partial charge in [0.25, 0.3) is 0 Å². The van der Waals surface area contributed by atoms with Gasteiger partial charge in [0.2, 0.25) is 10.0 Å². The first kappa shape index (κ1) is 18.4. The van der Waals surface area contributed by atoms with Gasteiger partial charge in [-0.2, -0.15) is 0 Å². The summed E-state index contributed by atoms with van der Waals surface area (Å²) < 4.78 is 32.5. The van der Waals surface area contributed by atoms with Crippen molar-refractivity contribution < 1.29 is 13.2 Å². The molecule has 0 aliphatic carbocycles. The first-order valence-corrected chi connectivity index (χ1v) is 8.85. The monoisotopic (exact) mass is 334 g/mol. The summed E-state index contributed by atoms with van der Waals surface area (Å²) in [6.45, 7) is 5.58. The predicted molar refractivity (Wildman–Crippen MR) is 85.0 cm³/mol. The van der Waals surface area contributed by atoms with Gasteiger partial charge < -0.3 is 10.5 Å². The number of nitrogens with two attached hydrogens (primary N) is 1. The molecule has 0 atom stereocenters. The fourth-order valence-corrected chi connectivity index (χ4v) is 3.59. The molecule has 0 amide bonds. The maximum Gasteiger partial charge on any atom is 0.240 e. The van der Waals surface area contributed by atoms with Gasteiger partial charge in [-0.05, 0) is 43.0 Å². The van der Waals surface area contributed by atoms with Crippen LogP contribution in [0.5, 0.6) is 0 Å². The average Bonchev–Trinajstić information content (AvgIpc) is 2.44. The third-order valence-electron chi connectivity index (χ3n) is 3.05. The Balaban J connectivity index is 2.72. The van der Waals surface area contributed by atoms with E-state index in [2.05, 4.69) is 4.72 Å². The highest BCUT2D eigenvalue weighted by molar-refractivity contribution is 7.89. The topological polar surface area (TPSA) is 81.4 Å². The Hall–Kier alpha value is -0.660. The predicted octanol–water partition coefficient (Wildman–Crippen LogP) is 2.20. The molecule has 1 aromatic carbocycles. The van der Waals surface area contributed by atoms with Gasteiger partial charge in [-0.15, -0.1) is 0 Å². The lowest BCUT2D eigenvalue weighted by Crippen LogP contribution is -2.26. The van der Waals surface area contributed by atoms with Gasteiger partial charge in [0, 0.05) is 31.3 Å². The highest BCUT2D eigenvalue weighted by Gasteiger charge is 2.18. The molecule has 0 spiro atoms. The van der Waals surface area contributed by atoms with Crippen LogP contribution in [0, 0.1) is 6.92 Å². The van der Waals surface area contributed by atoms with Crippen LogP contribution in [0.2, 0.25) is 5.02 Å². The number of nitrogens with one attached hydrogen (secondary N) is 1. The van der Waals surface area contributed by atoms with Crippen LogP contribution < -0.4 is 10.5 Å². The summed E-state index contributed by atoms with van der Waals surface area (Å²) in [4.78, 5) is 0.185. The molecule has 5 nitrogen and oxygen atoms in total. The van der Waals surface area contributed by atoms with E-state index in [1.165, 1.54) is 6.07 Å². The molecule has 0 unspecified atom stereocenters. The molecule has 0 saturated carbocycles. The minimum Gasteiger partial charge on any atom is -0.381 e. The van der Waals surface area contributed by atoms with Crippen LogP contribution in [0.1, 0.15) is 30.9 Å². The van der Waals surface area contributed by atoms with Gasteiger partial charge in [0.15, 0.2) is 0 Å². The van der Waals surface area contributed by atoms with E-state index in [0.29, 0.717) is 36.8 Å². The fourth-order valence-electron chi connectivity index (χ4n) is 1.90. The van der Waals surface area contributed by atoms with Crippen molar-refractivity contribution in [3.05, 3.63) is 28.3 Å². The lowest BCUT2D eigenvalue weighted by atomic mass is 10.1. The molecule has 1 rings (SSSR count). The second-order valence-electron chi connectivity index (χ2n) is 4.76. The Morgan fingerprint density at radius 3 is 2.67 bits per heavy atom. The van der Waals surface area contributed by atoms with Crippen molar-refractivity contribution in [2.24, 2.45) is 5.73 Å². The second-order valence-corrected chi connectivity index (χ2v) is 6.93. The molecular formula is C14H23ClN2O3S. The third kappa shape index (κ3) is 5.56. The number of hydrogen-bond acceptors (Lipinski definition) is 4. The van der Waals surface area contributed by atoms with Crippen LogP contribution in [0.25, 0.3) is 0 Å². The van der Waals surface area contributed by atoms with E-state index in [4.69, 9.17) is 22.1 Å². The third-order valence-corrected chi connectivity index (χ3v) is 4.85. The normalized spacial score (nSPS) is 11.8. The van der Waals surface area contributed by atoms with Gasteiger partial charge in [-0.3, -0.25) is 0 Å². The first-order chi connectivity index (χ1) is 9.92. The summed E-state index contributed by atoms with van der Waals surface area (Å²) in [5.74, 6) is 0. The zero-order valence-corrected chi connectivity index (χ0v) is 14.1. The Morgan fingerprint density at radius 2 is 2.05 bits per heavy atom. The molecule has 0 saturated heterocycles. The molecule has 0 fully saturated rings. The molecule has 0 heterocycles. The minimum absolute atomic E-state index is 0.185. The van der Waals surface area contributed by atoms with Gasteiger partial charge >= 0.3 is 0 Å². The van der Waals surface area contributed by atoms with Crippen LogP contribution in [0.3, 0.4) is 0 Å². The highest BCUT2D eigenvalue weighted by Crippen LogP contribution is 2.24. The molecule has 0 aromatic heterocycles. The fraction of sp³-hybridized carbons (Fsp3) is 0.571. The lowest BCUT2D eigenvalue weighted by Gasteiger charge is -2.13. The van der Waals surface area contributed by atoms with E-state index < -0.39 is 10.0 Å². The summed E-state index contributed by atoms with van der Waals surface area (Å²) in [7, 11) is -3.58. The van der Waals surface area contributed by atoms with Crippen molar-refractivity contribution in [3.8, 4) is 0 Å². The standard InChI is InChI=1S/C14H23ClN2O3S/c1-3-6-20-7-4-5-17-21(18,19)14-9-13(15)8-12(10-16)11(14)2/h8-9,17H,3-7,10,16H2,1-2H3. The summed E-state index contributed by atoms with van der Waals surface area (Å²) in [6, 6.07) is 3.14. The molecule has 0 aliphatic heterocycles. The van der Waals surface area contributed by atoms with Crippen LogP contribution in [-0.2, 0) is 21.3 Å². The molecule has 21 heavy (non-hydrogen) atoms. The highest BCUT2D eigenvalue weighted by atomic mass is 35.5. The number of halogens is 1. The lowest BCUT2D eigenvalue weighted by molar-refractivity contribution is 0.133. The maximum atomic E-state index is 12.3. The summed E-state index contributed by atoms with van der Waals surface area (Å²) in [5, 5.41) is 0.368. The number of rotatable bonds is 9. The molecule has 7 heteroatoms. The van der Waals surface area contributed by atoms with Crippen molar-refractivity contribution in [2.45, 2.75) is 38.1 Å². The Bertz CT molecular complexity index is 562. The minimum atomic E-state index is -3.58. The summed E-state index contributed by atoms with van der Waals surface area (Å²) >= 11 is 5.96. The molecule has 0 aliphatic rings. The molecule has 0 bridgehead atoms.